The standard InChI is InChI=1S/C33H36ClN7O2S/c1-21-22(2)44-33-30(21)31(25-11-13-26(34)14-12-25)38-27(32-40-39-23(3)41(32)33)19-29(43)37-18-7-5-4-6-17-36-28(42)15-10-24-9-8-16-35-20-24/h8-16,20,27H,4-7,17-19H2,1-3H3,(H,36,42)(H,37,43)/b15-10+/t27-/m0/s1. The molecule has 1 aliphatic rings. The molecule has 11 heteroatoms. The van der Waals surface area contributed by atoms with Crippen LogP contribution in [-0.4, -0.2) is 50.4 Å². The summed E-state index contributed by atoms with van der Waals surface area (Å²) in [5.74, 6) is 1.24. The number of halogens is 1. The van der Waals surface area contributed by atoms with E-state index in [1.54, 1.807) is 29.8 Å². The topological polar surface area (TPSA) is 114 Å². The molecule has 9 nitrogen and oxygen atoms in total. The molecule has 4 aromatic rings. The van der Waals surface area contributed by atoms with Gasteiger partial charge in [-0.25, -0.2) is 0 Å². The van der Waals surface area contributed by atoms with E-state index >= 15 is 0 Å². The van der Waals surface area contributed by atoms with E-state index in [1.165, 1.54) is 11.0 Å². The Balaban J connectivity index is 1.15. The molecule has 4 heterocycles. The van der Waals surface area contributed by atoms with Crippen molar-refractivity contribution in [2.24, 2.45) is 4.99 Å². The number of benzene rings is 1. The number of carbonyl (C=O) groups excluding carboxylic acids is 2. The summed E-state index contributed by atoms with van der Waals surface area (Å²) < 4.78 is 2.05. The average molecular weight is 630 g/mol. The van der Waals surface area contributed by atoms with E-state index in [4.69, 9.17) is 16.6 Å². The van der Waals surface area contributed by atoms with Crippen molar-refractivity contribution in [1.29, 1.82) is 0 Å². The fraction of sp³-hybridized carbons (Fsp3) is 0.333. The number of thiophene rings is 1. The molecule has 0 saturated heterocycles. The van der Waals surface area contributed by atoms with E-state index in [1.807, 2.05) is 43.3 Å². The smallest absolute Gasteiger partial charge is 0.243 e. The van der Waals surface area contributed by atoms with E-state index in [-0.39, 0.29) is 18.2 Å². The summed E-state index contributed by atoms with van der Waals surface area (Å²) >= 11 is 7.89. The highest BCUT2D eigenvalue weighted by molar-refractivity contribution is 7.15. The van der Waals surface area contributed by atoms with Gasteiger partial charge in [0, 0.05) is 52.6 Å². The summed E-state index contributed by atoms with van der Waals surface area (Å²) in [6, 6.07) is 10.9. The molecular weight excluding hydrogens is 594 g/mol. The van der Waals surface area contributed by atoms with E-state index < -0.39 is 6.04 Å². The van der Waals surface area contributed by atoms with Gasteiger partial charge >= 0.3 is 0 Å². The monoisotopic (exact) mass is 629 g/mol. The first-order valence-corrected chi connectivity index (χ1v) is 16.0. The van der Waals surface area contributed by atoms with Crippen LogP contribution in [0.25, 0.3) is 11.1 Å². The van der Waals surface area contributed by atoms with Crippen LogP contribution >= 0.6 is 22.9 Å². The number of unbranched alkanes of at least 4 members (excludes halogenated alkanes) is 3. The first kappa shape index (κ1) is 31.3. The molecule has 5 rings (SSSR count). The summed E-state index contributed by atoms with van der Waals surface area (Å²) in [5, 5.41) is 16.5. The zero-order chi connectivity index (χ0) is 31.1. The van der Waals surface area contributed by atoms with E-state index in [9.17, 15) is 9.59 Å². The molecule has 0 saturated carbocycles. The van der Waals surface area contributed by atoms with Gasteiger partial charge in [0.05, 0.1) is 12.1 Å². The molecule has 0 fully saturated rings. The lowest BCUT2D eigenvalue weighted by Gasteiger charge is -2.13. The Hall–Kier alpha value is -4.15. The highest BCUT2D eigenvalue weighted by atomic mass is 35.5. The summed E-state index contributed by atoms with van der Waals surface area (Å²) in [6.07, 6.45) is 10.5. The summed E-state index contributed by atoms with van der Waals surface area (Å²) in [6.45, 7) is 7.34. The average Bonchev–Trinajstić information content (AvgIpc) is 3.50. The van der Waals surface area contributed by atoms with Crippen LogP contribution in [0.5, 0.6) is 0 Å². The molecule has 0 radical (unpaired) electrons. The lowest BCUT2D eigenvalue weighted by Crippen LogP contribution is -2.26. The number of rotatable bonds is 12. The van der Waals surface area contributed by atoms with E-state index in [0.29, 0.717) is 23.9 Å². The van der Waals surface area contributed by atoms with Crippen LogP contribution < -0.4 is 10.6 Å². The Morgan fingerprint density at radius 1 is 1.00 bits per heavy atom. The molecule has 3 aromatic heterocycles. The maximum Gasteiger partial charge on any atom is 0.243 e. The largest absolute Gasteiger partial charge is 0.356 e. The lowest BCUT2D eigenvalue weighted by atomic mass is 9.99. The molecule has 0 aliphatic carbocycles. The maximum absolute atomic E-state index is 13.1. The minimum absolute atomic E-state index is 0.0766. The molecule has 0 bridgehead atoms. The fourth-order valence-corrected chi connectivity index (χ4v) is 6.47. The van der Waals surface area contributed by atoms with Gasteiger partial charge in [0.1, 0.15) is 16.9 Å². The first-order chi connectivity index (χ1) is 21.3. The second-order valence-corrected chi connectivity index (χ2v) is 12.4. The van der Waals surface area contributed by atoms with Crippen molar-refractivity contribution in [3.05, 3.63) is 98.7 Å². The van der Waals surface area contributed by atoms with Gasteiger partial charge in [-0.3, -0.25) is 24.1 Å². The van der Waals surface area contributed by atoms with Crippen molar-refractivity contribution >= 4 is 46.5 Å². The van der Waals surface area contributed by atoms with E-state index in [2.05, 4.69) is 44.2 Å². The van der Waals surface area contributed by atoms with Gasteiger partial charge in [-0.05, 0) is 69.0 Å². The third-order valence-corrected chi connectivity index (χ3v) is 9.02. The van der Waals surface area contributed by atoms with Crippen LogP contribution in [0.15, 0.2) is 59.9 Å². The second-order valence-electron chi connectivity index (χ2n) is 10.8. The van der Waals surface area contributed by atoms with Gasteiger partial charge in [0.25, 0.3) is 0 Å². The van der Waals surface area contributed by atoms with Crippen LogP contribution in [0.2, 0.25) is 5.02 Å². The summed E-state index contributed by atoms with van der Waals surface area (Å²) in [5.41, 5.74) is 4.86. The van der Waals surface area contributed by atoms with Gasteiger partial charge in [-0.2, -0.15) is 0 Å². The zero-order valence-corrected chi connectivity index (χ0v) is 26.7. The van der Waals surface area contributed by atoms with Crippen LogP contribution in [0.1, 0.15) is 76.9 Å². The number of hydrogen-bond acceptors (Lipinski definition) is 7. The van der Waals surface area contributed by atoms with Crippen LogP contribution in [-0.2, 0) is 9.59 Å². The second kappa shape index (κ2) is 14.5. The maximum atomic E-state index is 13.1. The quantitative estimate of drug-likeness (QED) is 0.145. The first-order valence-electron chi connectivity index (χ1n) is 14.8. The Bertz CT molecular complexity index is 1680. The van der Waals surface area contributed by atoms with Crippen molar-refractivity contribution in [2.75, 3.05) is 13.1 Å². The van der Waals surface area contributed by atoms with Crippen molar-refractivity contribution in [2.45, 2.75) is 58.9 Å². The molecule has 228 valence electrons. The third kappa shape index (κ3) is 7.49. The molecular formula is C33H36ClN7O2S. The summed E-state index contributed by atoms with van der Waals surface area (Å²) in [7, 11) is 0. The van der Waals surface area contributed by atoms with Gasteiger partial charge in [-0.15, -0.1) is 21.5 Å². The van der Waals surface area contributed by atoms with Crippen molar-refractivity contribution in [1.82, 2.24) is 30.4 Å². The summed E-state index contributed by atoms with van der Waals surface area (Å²) in [4.78, 5) is 35.5. The molecule has 0 unspecified atom stereocenters. The number of fused-ring (bicyclic) bond motifs is 3. The van der Waals surface area contributed by atoms with Crippen molar-refractivity contribution in [3.63, 3.8) is 0 Å². The van der Waals surface area contributed by atoms with Crippen LogP contribution in [0, 0.1) is 20.8 Å². The lowest BCUT2D eigenvalue weighted by molar-refractivity contribution is -0.121. The fourth-order valence-electron chi connectivity index (χ4n) is 5.13. The number of pyridine rings is 1. The Labute approximate surface area is 266 Å². The van der Waals surface area contributed by atoms with Crippen LogP contribution in [0.4, 0.5) is 0 Å². The number of hydrogen-bond donors (Lipinski definition) is 2. The van der Waals surface area contributed by atoms with Crippen molar-refractivity contribution < 1.29 is 9.59 Å². The Morgan fingerprint density at radius 2 is 1.75 bits per heavy atom. The molecule has 1 atom stereocenters. The number of carbonyl (C=O) groups is 2. The normalized spacial score (nSPS) is 14.1. The van der Waals surface area contributed by atoms with Gasteiger partial charge < -0.3 is 10.6 Å². The highest BCUT2D eigenvalue weighted by Gasteiger charge is 2.32. The Morgan fingerprint density at radius 3 is 2.48 bits per heavy atom. The third-order valence-electron chi connectivity index (χ3n) is 7.57. The van der Waals surface area contributed by atoms with Gasteiger partial charge in [-0.1, -0.05) is 42.6 Å². The minimum atomic E-state index is -0.489. The van der Waals surface area contributed by atoms with Gasteiger partial charge in [0.15, 0.2) is 5.82 Å². The molecule has 2 N–H and O–H groups in total. The Kier molecular flexibility index (Phi) is 10.3. The van der Waals surface area contributed by atoms with Gasteiger partial charge in [0.2, 0.25) is 11.8 Å². The molecule has 1 aliphatic heterocycles. The minimum Gasteiger partial charge on any atom is -0.356 e. The number of aliphatic imine (C=N–C) groups is 1. The SMILES string of the molecule is Cc1sc2c(c1C)C(c1ccc(Cl)cc1)=N[C@@H](CC(=O)NCCCCCCNC(=O)/C=C/c1cccnc1)c1nnc(C)n1-2. The zero-order valence-electron chi connectivity index (χ0n) is 25.1. The highest BCUT2D eigenvalue weighted by Crippen LogP contribution is 2.39. The number of aryl methyl sites for hydroxylation is 2. The number of nitrogens with one attached hydrogen (secondary N) is 2. The van der Waals surface area contributed by atoms with Crippen molar-refractivity contribution in [3.8, 4) is 5.00 Å². The molecule has 0 spiro atoms. The molecule has 2 amide bonds. The predicted octanol–water partition coefficient (Wildman–Crippen LogP) is 6.09. The number of nitrogens with zero attached hydrogens (tertiary/aromatic N) is 5. The predicted molar refractivity (Wildman–Crippen MR) is 176 cm³/mol. The number of aromatic nitrogens is 4. The number of amides is 2. The van der Waals surface area contributed by atoms with E-state index in [0.717, 1.165) is 64.5 Å². The molecule has 44 heavy (non-hydrogen) atoms. The van der Waals surface area contributed by atoms with Crippen LogP contribution in [0.3, 0.4) is 0 Å². The molecule has 1 aromatic carbocycles.